The van der Waals surface area contributed by atoms with Crippen molar-refractivity contribution in [2.45, 2.75) is 32.9 Å². The Morgan fingerprint density at radius 3 is 2.50 bits per heavy atom. The van der Waals surface area contributed by atoms with Gasteiger partial charge >= 0.3 is 0 Å². The van der Waals surface area contributed by atoms with Crippen molar-refractivity contribution in [3.05, 3.63) is 47.1 Å². The van der Waals surface area contributed by atoms with Gasteiger partial charge in [-0.1, -0.05) is 29.8 Å². The van der Waals surface area contributed by atoms with E-state index >= 15 is 0 Å². The van der Waals surface area contributed by atoms with Gasteiger partial charge in [-0.3, -0.25) is 4.68 Å². The Balaban J connectivity index is 2.11. The van der Waals surface area contributed by atoms with Gasteiger partial charge in [0.2, 0.25) is 0 Å². The summed E-state index contributed by atoms with van der Waals surface area (Å²) in [4.78, 5) is 0. The minimum absolute atomic E-state index is 0.134. The van der Waals surface area contributed by atoms with E-state index in [4.69, 9.17) is 11.6 Å². The zero-order valence-corrected chi connectivity index (χ0v) is 11.6. The first kappa shape index (κ1) is 13.0. The number of aromatic nitrogens is 2. The van der Waals surface area contributed by atoms with Gasteiger partial charge in [0.25, 0.3) is 0 Å². The van der Waals surface area contributed by atoms with Crippen molar-refractivity contribution in [3.8, 4) is 0 Å². The van der Waals surface area contributed by atoms with Gasteiger partial charge < -0.3 is 5.32 Å². The molecule has 0 fully saturated rings. The Bertz CT molecular complexity index is 519. The van der Waals surface area contributed by atoms with Gasteiger partial charge in [0.15, 0.2) is 0 Å². The number of rotatable bonds is 4. The summed E-state index contributed by atoms with van der Waals surface area (Å²) in [5.41, 5.74) is 1.08. The van der Waals surface area contributed by atoms with Gasteiger partial charge in [0, 0.05) is 23.3 Å². The van der Waals surface area contributed by atoms with Crippen molar-refractivity contribution in [2.24, 2.45) is 0 Å². The third-order valence-corrected chi connectivity index (χ3v) is 3.22. The monoisotopic (exact) mass is 263 g/mol. The molecule has 0 spiro atoms. The fourth-order valence-electron chi connectivity index (χ4n) is 1.83. The fourth-order valence-corrected chi connectivity index (χ4v) is 2.13. The molecule has 1 aromatic carbocycles. The predicted octanol–water partition coefficient (Wildman–Crippen LogP) is 4.29. The van der Waals surface area contributed by atoms with Gasteiger partial charge in [-0.15, -0.1) is 0 Å². The van der Waals surface area contributed by atoms with E-state index in [2.05, 4.69) is 31.2 Å². The Kier molecular flexibility index (Phi) is 3.92. The molecule has 18 heavy (non-hydrogen) atoms. The molecule has 0 aliphatic carbocycles. The molecule has 1 unspecified atom stereocenters. The van der Waals surface area contributed by atoms with Crippen LogP contribution in [-0.2, 0) is 0 Å². The van der Waals surface area contributed by atoms with Gasteiger partial charge in [-0.25, -0.2) is 0 Å². The minimum atomic E-state index is 0.134. The number of benzene rings is 1. The summed E-state index contributed by atoms with van der Waals surface area (Å²) in [5.74, 6) is 0.871. The zero-order valence-electron chi connectivity index (χ0n) is 10.9. The molecule has 0 amide bonds. The number of hydrogen-bond acceptors (Lipinski definition) is 2. The lowest BCUT2D eigenvalue weighted by Crippen LogP contribution is -2.09. The maximum absolute atomic E-state index is 6.18. The number of nitrogens with one attached hydrogen (secondary N) is 1. The molecule has 1 heterocycles. The first-order valence-corrected chi connectivity index (χ1v) is 6.52. The van der Waals surface area contributed by atoms with Crippen LogP contribution in [0.5, 0.6) is 0 Å². The van der Waals surface area contributed by atoms with Crippen LogP contribution in [0.15, 0.2) is 36.5 Å². The van der Waals surface area contributed by atoms with Crippen LogP contribution in [-0.4, -0.2) is 9.78 Å². The van der Waals surface area contributed by atoms with Crippen LogP contribution in [0.3, 0.4) is 0 Å². The highest BCUT2D eigenvalue weighted by Gasteiger charge is 2.10. The molecule has 2 aromatic rings. The van der Waals surface area contributed by atoms with E-state index < -0.39 is 0 Å². The third-order valence-electron chi connectivity index (χ3n) is 2.87. The second kappa shape index (κ2) is 5.44. The van der Waals surface area contributed by atoms with Crippen molar-refractivity contribution in [1.82, 2.24) is 9.78 Å². The topological polar surface area (TPSA) is 29.9 Å². The highest BCUT2D eigenvalue weighted by molar-refractivity contribution is 6.31. The van der Waals surface area contributed by atoms with Crippen LogP contribution >= 0.6 is 11.6 Å². The Hall–Kier alpha value is -1.48. The van der Waals surface area contributed by atoms with E-state index in [0.29, 0.717) is 6.04 Å². The number of nitrogens with zero attached hydrogens (tertiary/aromatic N) is 2. The second-order valence-corrected chi connectivity index (χ2v) is 5.07. The first-order valence-electron chi connectivity index (χ1n) is 6.14. The molecule has 3 nitrogen and oxygen atoms in total. The van der Waals surface area contributed by atoms with Gasteiger partial charge in [-0.2, -0.15) is 5.10 Å². The van der Waals surface area contributed by atoms with Crippen molar-refractivity contribution < 1.29 is 0 Å². The number of halogens is 1. The summed E-state index contributed by atoms with van der Waals surface area (Å²) >= 11 is 6.18. The highest BCUT2D eigenvalue weighted by Crippen LogP contribution is 2.25. The molecule has 0 aliphatic rings. The van der Waals surface area contributed by atoms with E-state index in [0.717, 1.165) is 16.4 Å². The molecule has 1 N–H and O–H groups in total. The molecule has 0 aliphatic heterocycles. The molecule has 96 valence electrons. The molecule has 0 saturated heterocycles. The van der Waals surface area contributed by atoms with Gasteiger partial charge in [-0.05, 0) is 32.4 Å². The van der Waals surface area contributed by atoms with Gasteiger partial charge in [0.05, 0.1) is 6.04 Å². The molecular weight excluding hydrogens is 246 g/mol. The Morgan fingerprint density at radius 2 is 1.89 bits per heavy atom. The van der Waals surface area contributed by atoms with E-state index in [1.807, 2.05) is 41.2 Å². The lowest BCUT2D eigenvalue weighted by Gasteiger charge is -2.15. The quantitative estimate of drug-likeness (QED) is 0.892. The highest BCUT2D eigenvalue weighted by atomic mass is 35.5. The van der Waals surface area contributed by atoms with Crippen molar-refractivity contribution in [3.63, 3.8) is 0 Å². The summed E-state index contributed by atoms with van der Waals surface area (Å²) in [6, 6.07) is 10.3. The molecule has 0 radical (unpaired) electrons. The smallest absolute Gasteiger partial charge is 0.148 e. The van der Waals surface area contributed by atoms with Crippen molar-refractivity contribution in [2.75, 3.05) is 5.32 Å². The number of hydrogen-bond donors (Lipinski definition) is 1. The number of anilines is 1. The largest absolute Gasteiger partial charge is 0.362 e. The van der Waals surface area contributed by atoms with E-state index in [9.17, 15) is 0 Å². The summed E-state index contributed by atoms with van der Waals surface area (Å²) in [6.45, 7) is 6.29. The van der Waals surface area contributed by atoms with Crippen LogP contribution in [0.1, 0.15) is 38.4 Å². The lowest BCUT2D eigenvalue weighted by molar-refractivity contribution is 0.533. The molecule has 2 rings (SSSR count). The summed E-state index contributed by atoms with van der Waals surface area (Å²) < 4.78 is 1.93. The van der Waals surface area contributed by atoms with Crippen molar-refractivity contribution >= 4 is 17.4 Å². The molecule has 1 aromatic heterocycles. The summed E-state index contributed by atoms with van der Waals surface area (Å²) in [5, 5.41) is 8.60. The van der Waals surface area contributed by atoms with Crippen LogP contribution in [0.25, 0.3) is 0 Å². The Morgan fingerprint density at radius 1 is 1.17 bits per heavy atom. The average molecular weight is 264 g/mol. The summed E-state index contributed by atoms with van der Waals surface area (Å²) in [7, 11) is 0. The van der Waals surface area contributed by atoms with Gasteiger partial charge in [0.1, 0.15) is 5.82 Å². The Labute approximate surface area is 113 Å². The van der Waals surface area contributed by atoms with Crippen molar-refractivity contribution in [1.29, 1.82) is 0 Å². The normalized spacial score (nSPS) is 12.7. The lowest BCUT2D eigenvalue weighted by atomic mass is 10.1. The second-order valence-electron chi connectivity index (χ2n) is 4.66. The first-order chi connectivity index (χ1) is 8.58. The molecule has 0 saturated carbocycles. The molecule has 4 heteroatoms. The van der Waals surface area contributed by atoms with E-state index in [1.54, 1.807) is 0 Å². The predicted molar refractivity (Wildman–Crippen MR) is 76.1 cm³/mol. The third kappa shape index (κ3) is 2.85. The molecule has 1 atom stereocenters. The maximum Gasteiger partial charge on any atom is 0.148 e. The SMILES string of the molecule is CC(Nc1ccn(C(C)C)n1)c1ccccc1Cl. The van der Waals surface area contributed by atoms with Crippen LogP contribution < -0.4 is 5.32 Å². The maximum atomic E-state index is 6.18. The van der Waals surface area contributed by atoms with Crippen LogP contribution in [0.4, 0.5) is 5.82 Å². The standard InChI is InChI=1S/C14H18ClN3/c1-10(2)18-9-8-14(17-18)16-11(3)12-6-4-5-7-13(12)15/h4-11H,1-3H3,(H,16,17). The summed E-state index contributed by atoms with van der Waals surface area (Å²) in [6.07, 6.45) is 1.98. The average Bonchev–Trinajstić information content (AvgIpc) is 2.78. The van der Waals surface area contributed by atoms with Crippen LogP contribution in [0, 0.1) is 0 Å². The zero-order chi connectivity index (χ0) is 13.1. The van der Waals surface area contributed by atoms with E-state index in [-0.39, 0.29) is 6.04 Å². The molecule has 0 bridgehead atoms. The van der Waals surface area contributed by atoms with Crippen LogP contribution in [0.2, 0.25) is 5.02 Å². The fraction of sp³-hybridized carbons (Fsp3) is 0.357. The van der Waals surface area contributed by atoms with E-state index in [1.165, 1.54) is 0 Å². The molecular formula is C14H18ClN3. The minimum Gasteiger partial charge on any atom is -0.362 e.